The monoisotopic (exact) mass is 537 g/mol. The molecule has 0 aliphatic heterocycles. The van der Waals surface area contributed by atoms with Gasteiger partial charge in [-0.15, -0.1) is 0 Å². The topological polar surface area (TPSA) is 98.3 Å². The van der Waals surface area contributed by atoms with Gasteiger partial charge in [0, 0.05) is 5.56 Å². The van der Waals surface area contributed by atoms with Gasteiger partial charge < -0.3 is 19.5 Å². The van der Waals surface area contributed by atoms with Crippen LogP contribution in [0.25, 0.3) is 0 Å². The number of amides is 2. The number of carbonyl (C=O) groups is 2. The number of nitrogens with one attached hydrogen (secondary N) is 2. The molecule has 8 nitrogen and oxygen atoms in total. The summed E-state index contributed by atoms with van der Waals surface area (Å²) < 4.78 is 16.6. The number of methoxy groups -OCH3 is 2. The Kier molecular flexibility index (Phi) is 9.88. The molecule has 0 heterocycles. The summed E-state index contributed by atoms with van der Waals surface area (Å²) in [6.45, 7) is 0.368. The molecule has 0 unspecified atom stereocenters. The number of nitrogens with zero attached hydrogens (tertiary/aromatic N) is 1. The Morgan fingerprint density at radius 3 is 2.20 bits per heavy atom. The van der Waals surface area contributed by atoms with Crippen molar-refractivity contribution in [3.05, 3.63) is 125 Å². The highest BCUT2D eigenvalue weighted by Gasteiger charge is 2.19. The molecular weight excluding hydrogens is 506 g/mol. The van der Waals surface area contributed by atoms with Gasteiger partial charge in [0.05, 0.1) is 32.9 Å². The number of carbonyl (C=O) groups excluding carboxylic acids is 2. The molecule has 0 fully saturated rings. The van der Waals surface area contributed by atoms with Crippen LogP contribution in [-0.2, 0) is 11.4 Å². The van der Waals surface area contributed by atoms with Crippen LogP contribution in [0.5, 0.6) is 17.2 Å². The van der Waals surface area contributed by atoms with E-state index in [1.165, 1.54) is 6.21 Å². The maximum Gasteiger partial charge on any atom is 0.251 e. The van der Waals surface area contributed by atoms with Crippen LogP contribution in [0, 0.1) is 0 Å². The minimum atomic E-state index is -0.522. The Morgan fingerprint density at radius 1 is 0.825 bits per heavy atom. The molecule has 0 spiro atoms. The van der Waals surface area contributed by atoms with E-state index < -0.39 is 6.04 Å². The zero-order valence-electron chi connectivity index (χ0n) is 22.4. The van der Waals surface area contributed by atoms with Gasteiger partial charge in [0.1, 0.15) is 12.4 Å². The van der Waals surface area contributed by atoms with Crippen LogP contribution in [0.15, 0.2) is 108 Å². The van der Waals surface area contributed by atoms with Crippen molar-refractivity contribution in [1.82, 2.24) is 10.7 Å². The number of benzene rings is 4. The molecule has 0 saturated heterocycles. The molecule has 8 heteroatoms. The third-order valence-corrected chi connectivity index (χ3v) is 6.08. The lowest BCUT2D eigenvalue weighted by Gasteiger charge is -2.18. The quantitative estimate of drug-likeness (QED) is 0.189. The third-order valence-electron chi connectivity index (χ3n) is 6.08. The Labute approximate surface area is 233 Å². The van der Waals surface area contributed by atoms with Gasteiger partial charge in [-0.3, -0.25) is 9.59 Å². The Hall–Kier alpha value is -5.11. The smallest absolute Gasteiger partial charge is 0.251 e. The molecule has 0 aromatic heterocycles. The first-order valence-electron chi connectivity index (χ1n) is 12.7. The van der Waals surface area contributed by atoms with Crippen molar-refractivity contribution in [2.24, 2.45) is 5.10 Å². The summed E-state index contributed by atoms with van der Waals surface area (Å²) in [5, 5.41) is 7.05. The van der Waals surface area contributed by atoms with Crippen LogP contribution in [0.2, 0.25) is 0 Å². The highest BCUT2D eigenvalue weighted by molar-refractivity contribution is 5.94. The summed E-state index contributed by atoms with van der Waals surface area (Å²) in [5.74, 6) is 1.30. The molecule has 1 atom stereocenters. The second-order valence-electron chi connectivity index (χ2n) is 8.85. The lowest BCUT2D eigenvalue weighted by molar-refractivity contribution is -0.121. The fourth-order valence-electron chi connectivity index (χ4n) is 3.95. The maximum atomic E-state index is 12.8. The van der Waals surface area contributed by atoms with Gasteiger partial charge in [0.2, 0.25) is 5.91 Å². The lowest BCUT2D eigenvalue weighted by Crippen LogP contribution is -2.32. The average molecular weight is 538 g/mol. The summed E-state index contributed by atoms with van der Waals surface area (Å²) >= 11 is 0. The zero-order valence-corrected chi connectivity index (χ0v) is 22.4. The minimum Gasteiger partial charge on any atom is -0.497 e. The first-order valence-corrected chi connectivity index (χ1v) is 12.7. The molecule has 40 heavy (non-hydrogen) atoms. The molecule has 2 amide bonds. The number of hydrogen-bond acceptors (Lipinski definition) is 6. The van der Waals surface area contributed by atoms with Gasteiger partial charge >= 0.3 is 0 Å². The number of rotatable bonds is 12. The van der Waals surface area contributed by atoms with E-state index in [1.807, 2.05) is 66.7 Å². The molecule has 4 rings (SSSR count). The van der Waals surface area contributed by atoms with E-state index in [4.69, 9.17) is 14.2 Å². The molecule has 4 aromatic carbocycles. The number of ether oxygens (including phenoxy) is 3. The average Bonchev–Trinajstić information content (AvgIpc) is 3.01. The van der Waals surface area contributed by atoms with Crippen molar-refractivity contribution in [2.75, 3.05) is 14.2 Å². The summed E-state index contributed by atoms with van der Waals surface area (Å²) in [6.07, 6.45) is 1.54. The normalized spacial score (nSPS) is 11.4. The van der Waals surface area contributed by atoms with E-state index in [0.717, 1.165) is 16.9 Å². The molecule has 204 valence electrons. The summed E-state index contributed by atoms with van der Waals surface area (Å²) in [5.41, 5.74) is 5.59. The molecule has 4 aromatic rings. The largest absolute Gasteiger partial charge is 0.497 e. The highest BCUT2D eigenvalue weighted by atomic mass is 16.5. The molecule has 0 aliphatic rings. The van der Waals surface area contributed by atoms with Crippen LogP contribution in [-0.4, -0.2) is 32.2 Å². The van der Waals surface area contributed by atoms with Crippen molar-refractivity contribution < 1.29 is 23.8 Å². The first kappa shape index (κ1) is 27.9. The molecule has 2 N–H and O–H groups in total. The molecule has 0 radical (unpaired) electrons. The number of hydrazone groups is 1. The van der Waals surface area contributed by atoms with Gasteiger partial charge in [-0.25, -0.2) is 5.43 Å². The SMILES string of the molecule is COc1ccc(COc2ccc(/C=N\NC(=O)C[C@H](NC(=O)c3ccccc3)c3ccccc3)cc2OC)cc1. The van der Waals surface area contributed by atoms with Crippen molar-refractivity contribution >= 4 is 18.0 Å². The van der Waals surface area contributed by atoms with E-state index in [-0.39, 0.29) is 18.2 Å². The fraction of sp³-hybridized carbons (Fsp3) is 0.156. The third kappa shape index (κ3) is 7.94. The van der Waals surface area contributed by atoms with Crippen LogP contribution < -0.4 is 25.0 Å². The molecule has 0 aliphatic carbocycles. The van der Waals surface area contributed by atoms with E-state index in [9.17, 15) is 9.59 Å². The predicted octanol–water partition coefficient (Wildman–Crippen LogP) is 5.29. The standard InChI is InChI=1S/C32H31N3O5/c1-38-27-16-13-23(14-17-27)22-40-29-18-15-24(19-30(29)39-2)21-33-35-31(36)20-28(25-9-5-3-6-10-25)34-32(37)26-11-7-4-8-12-26/h3-19,21,28H,20,22H2,1-2H3,(H,34,37)(H,35,36)/b33-21-/t28-/m0/s1. The van der Waals surface area contributed by atoms with Gasteiger partial charge in [0.15, 0.2) is 11.5 Å². The molecule has 0 bridgehead atoms. The van der Waals surface area contributed by atoms with Crippen molar-refractivity contribution in [1.29, 1.82) is 0 Å². The Bertz CT molecular complexity index is 1420. The minimum absolute atomic E-state index is 0.0153. The first-order chi connectivity index (χ1) is 19.6. The second kappa shape index (κ2) is 14.2. The summed E-state index contributed by atoms with van der Waals surface area (Å²) in [7, 11) is 3.19. The Balaban J connectivity index is 1.35. The lowest BCUT2D eigenvalue weighted by atomic mass is 10.0. The van der Waals surface area contributed by atoms with Crippen molar-refractivity contribution in [2.45, 2.75) is 19.1 Å². The van der Waals surface area contributed by atoms with E-state index >= 15 is 0 Å². The second-order valence-corrected chi connectivity index (χ2v) is 8.85. The summed E-state index contributed by atoms with van der Waals surface area (Å²) in [4.78, 5) is 25.5. The Morgan fingerprint density at radius 2 is 1.52 bits per heavy atom. The molecular formula is C32H31N3O5. The van der Waals surface area contributed by atoms with Crippen molar-refractivity contribution in [3.8, 4) is 17.2 Å². The van der Waals surface area contributed by atoms with Gasteiger partial charge in [-0.2, -0.15) is 5.10 Å². The van der Waals surface area contributed by atoms with E-state index in [2.05, 4.69) is 15.8 Å². The van der Waals surface area contributed by atoms with Crippen molar-refractivity contribution in [3.63, 3.8) is 0 Å². The van der Waals surface area contributed by atoms with Crippen LogP contribution in [0.1, 0.15) is 39.5 Å². The van der Waals surface area contributed by atoms with Gasteiger partial charge in [-0.1, -0.05) is 60.7 Å². The predicted molar refractivity (Wildman–Crippen MR) is 154 cm³/mol. The highest BCUT2D eigenvalue weighted by Crippen LogP contribution is 2.28. The fourth-order valence-corrected chi connectivity index (χ4v) is 3.95. The zero-order chi connectivity index (χ0) is 28.2. The number of hydrogen-bond donors (Lipinski definition) is 2. The van der Waals surface area contributed by atoms with E-state index in [1.54, 1.807) is 50.6 Å². The van der Waals surface area contributed by atoms with Crippen LogP contribution in [0.3, 0.4) is 0 Å². The van der Waals surface area contributed by atoms with E-state index in [0.29, 0.717) is 29.2 Å². The maximum absolute atomic E-state index is 12.8. The molecule has 0 saturated carbocycles. The van der Waals surface area contributed by atoms with Gasteiger partial charge in [-0.05, 0) is 59.2 Å². The van der Waals surface area contributed by atoms with Gasteiger partial charge in [0.25, 0.3) is 5.91 Å². The van der Waals surface area contributed by atoms with Crippen LogP contribution >= 0.6 is 0 Å². The summed E-state index contributed by atoms with van der Waals surface area (Å²) in [6, 6.07) is 30.7. The van der Waals surface area contributed by atoms with Crippen LogP contribution in [0.4, 0.5) is 0 Å².